The number of carbonyl (C=O) groups is 1. The van der Waals surface area contributed by atoms with Crippen LogP contribution in [0.25, 0.3) is 0 Å². The highest BCUT2D eigenvalue weighted by atomic mass is 16.4. The summed E-state index contributed by atoms with van der Waals surface area (Å²) in [5.41, 5.74) is 1.39. The molecule has 2 aromatic heterocycles. The third-order valence-corrected chi connectivity index (χ3v) is 3.91. The molecule has 0 aliphatic heterocycles. The maximum Gasteiger partial charge on any atom is 0.254 e. The fourth-order valence-electron chi connectivity index (χ4n) is 2.52. The van der Waals surface area contributed by atoms with Crippen LogP contribution in [0.1, 0.15) is 60.6 Å². The number of nitrogens with one attached hydrogen (secondary N) is 1. The van der Waals surface area contributed by atoms with E-state index in [4.69, 9.17) is 4.42 Å². The maximum atomic E-state index is 12.2. The summed E-state index contributed by atoms with van der Waals surface area (Å²) < 4.78 is 7.00. The Morgan fingerprint density at radius 1 is 1.45 bits per heavy atom. The Bertz CT molecular complexity index is 600. The Morgan fingerprint density at radius 3 is 2.77 bits per heavy atom. The predicted molar refractivity (Wildman–Crippen MR) is 82.6 cm³/mol. The number of aliphatic hydroxyl groups is 1. The zero-order valence-corrected chi connectivity index (χ0v) is 13.2. The van der Waals surface area contributed by atoms with Gasteiger partial charge in [-0.15, -0.1) is 0 Å². The van der Waals surface area contributed by atoms with Gasteiger partial charge >= 0.3 is 0 Å². The minimum absolute atomic E-state index is 0.0992. The van der Waals surface area contributed by atoms with Crippen LogP contribution in [0.5, 0.6) is 0 Å². The summed E-state index contributed by atoms with van der Waals surface area (Å²) in [6.07, 6.45) is 4.16. The smallest absolute Gasteiger partial charge is 0.254 e. The Morgan fingerprint density at radius 2 is 2.18 bits per heavy atom. The predicted octanol–water partition coefficient (Wildman–Crippen LogP) is 2.61. The quantitative estimate of drug-likeness (QED) is 0.824. The molecule has 0 aliphatic rings. The highest BCUT2D eigenvalue weighted by molar-refractivity contribution is 5.95. The van der Waals surface area contributed by atoms with Gasteiger partial charge in [0.2, 0.25) is 0 Å². The lowest BCUT2D eigenvalue weighted by Gasteiger charge is -2.15. The molecule has 1 unspecified atom stereocenters. The molecule has 1 atom stereocenters. The Hall–Kier alpha value is -2.08. The summed E-state index contributed by atoms with van der Waals surface area (Å²) >= 11 is 0. The molecule has 0 spiro atoms. The van der Waals surface area contributed by atoms with Crippen LogP contribution in [0.3, 0.4) is 0 Å². The number of hydrogen-bond acceptors (Lipinski definition) is 4. The van der Waals surface area contributed by atoms with Gasteiger partial charge in [0.05, 0.1) is 30.6 Å². The number of carbonyl (C=O) groups excluding carboxylic acids is 1. The zero-order chi connectivity index (χ0) is 16.1. The molecule has 0 saturated carbocycles. The molecule has 120 valence electrons. The van der Waals surface area contributed by atoms with Crippen LogP contribution in [0.4, 0.5) is 0 Å². The summed E-state index contributed by atoms with van der Waals surface area (Å²) in [7, 11) is 0. The van der Waals surface area contributed by atoms with E-state index in [9.17, 15) is 9.90 Å². The van der Waals surface area contributed by atoms with Gasteiger partial charge in [0.25, 0.3) is 5.91 Å². The lowest BCUT2D eigenvalue weighted by atomic mass is 10.1. The van der Waals surface area contributed by atoms with Crippen LogP contribution in [-0.4, -0.2) is 27.3 Å². The molecule has 0 fully saturated rings. The lowest BCUT2D eigenvalue weighted by molar-refractivity contribution is 0.0900. The van der Waals surface area contributed by atoms with Crippen molar-refractivity contribution in [3.05, 3.63) is 41.6 Å². The van der Waals surface area contributed by atoms with Crippen molar-refractivity contribution in [2.24, 2.45) is 0 Å². The van der Waals surface area contributed by atoms with Gasteiger partial charge in [-0.2, -0.15) is 5.10 Å². The molecule has 22 heavy (non-hydrogen) atoms. The van der Waals surface area contributed by atoms with Gasteiger partial charge in [0.1, 0.15) is 11.9 Å². The molecule has 2 heterocycles. The van der Waals surface area contributed by atoms with E-state index < -0.39 is 6.10 Å². The van der Waals surface area contributed by atoms with E-state index in [2.05, 4.69) is 24.3 Å². The highest BCUT2D eigenvalue weighted by Gasteiger charge is 2.19. The van der Waals surface area contributed by atoms with Crippen LogP contribution in [0.2, 0.25) is 0 Å². The topological polar surface area (TPSA) is 80.3 Å². The molecule has 1 amide bonds. The molecular formula is C16H23N3O3. The van der Waals surface area contributed by atoms with Crippen molar-refractivity contribution in [1.29, 1.82) is 0 Å². The summed E-state index contributed by atoms with van der Waals surface area (Å²) in [5.74, 6) is 0.199. The third kappa shape index (κ3) is 3.39. The SMILES string of the molecule is CCC(CC)n1ncc(C(=O)NCC(O)c2ccco2)c1C. The second-order valence-corrected chi connectivity index (χ2v) is 5.30. The molecule has 0 aliphatic carbocycles. The van der Waals surface area contributed by atoms with Crippen molar-refractivity contribution in [1.82, 2.24) is 15.1 Å². The molecule has 6 heteroatoms. The fraction of sp³-hybridized carbons (Fsp3) is 0.500. The molecule has 6 nitrogen and oxygen atoms in total. The molecule has 2 rings (SSSR count). The van der Waals surface area contributed by atoms with Gasteiger partial charge in [0, 0.05) is 5.69 Å². The fourth-order valence-corrected chi connectivity index (χ4v) is 2.52. The molecule has 2 aromatic rings. The van der Waals surface area contributed by atoms with Crippen LogP contribution in [0.15, 0.2) is 29.0 Å². The van der Waals surface area contributed by atoms with Crippen molar-refractivity contribution in [3.63, 3.8) is 0 Å². The van der Waals surface area contributed by atoms with Crippen LogP contribution in [0, 0.1) is 6.92 Å². The van der Waals surface area contributed by atoms with E-state index in [0.29, 0.717) is 17.4 Å². The standard InChI is InChI=1S/C16H23N3O3/c1-4-12(5-2)19-11(3)13(9-18-19)16(21)17-10-14(20)15-7-6-8-22-15/h6-9,12,14,20H,4-5,10H2,1-3H3,(H,17,21). The molecule has 0 bridgehead atoms. The molecular weight excluding hydrogens is 282 g/mol. The van der Waals surface area contributed by atoms with Crippen molar-refractivity contribution in [2.45, 2.75) is 45.8 Å². The van der Waals surface area contributed by atoms with Crippen LogP contribution < -0.4 is 5.32 Å². The van der Waals surface area contributed by atoms with E-state index >= 15 is 0 Å². The third-order valence-electron chi connectivity index (χ3n) is 3.91. The van der Waals surface area contributed by atoms with Gasteiger partial charge < -0.3 is 14.8 Å². The second kappa shape index (κ2) is 7.26. The molecule has 2 N–H and O–H groups in total. The van der Waals surface area contributed by atoms with E-state index in [1.54, 1.807) is 18.3 Å². The summed E-state index contributed by atoms with van der Waals surface area (Å²) in [4.78, 5) is 12.2. The van der Waals surface area contributed by atoms with E-state index in [1.807, 2.05) is 11.6 Å². The van der Waals surface area contributed by atoms with Gasteiger partial charge in [0.15, 0.2) is 0 Å². The first-order valence-corrected chi connectivity index (χ1v) is 7.62. The average Bonchev–Trinajstić information content (AvgIpc) is 3.17. The molecule has 0 aromatic carbocycles. The van der Waals surface area contributed by atoms with Crippen molar-refractivity contribution in [3.8, 4) is 0 Å². The Balaban J connectivity index is 2.01. The zero-order valence-electron chi connectivity index (χ0n) is 13.2. The second-order valence-electron chi connectivity index (χ2n) is 5.30. The summed E-state index contributed by atoms with van der Waals surface area (Å²) in [6.45, 7) is 6.20. The van der Waals surface area contributed by atoms with Crippen LogP contribution in [-0.2, 0) is 0 Å². The first kappa shape index (κ1) is 16.3. The van der Waals surface area contributed by atoms with Crippen molar-refractivity contribution < 1.29 is 14.3 Å². The van der Waals surface area contributed by atoms with Crippen molar-refractivity contribution >= 4 is 5.91 Å². The van der Waals surface area contributed by atoms with Gasteiger partial charge in [-0.3, -0.25) is 9.48 Å². The number of hydrogen-bond donors (Lipinski definition) is 2. The van der Waals surface area contributed by atoms with Gasteiger partial charge in [-0.05, 0) is 31.9 Å². The van der Waals surface area contributed by atoms with E-state index in [-0.39, 0.29) is 12.5 Å². The molecule has 0 radical (unpaired) electrons. The molecule has 0 saturated heterocycles. The number of furan rings is 1. The van der Waals surface area contributed by atoms with Gasteiger partial charge in [-0.25, -0.2) is 0 Å². The highest BCUT2D eigenvalue weighted by Crippen LogP contribution is 2.19. The average molecular weight is 305 g/mol. The van der Waals surface area contributed by atoms with Crippen LogP contribution >= 0.6 is 0 Å². The normalized spacial score (nSPS) is 12.6. The summed E-state index contributed by atoms with van der Waals surface area (Å²) in [5, 5.41) is 17.0. The van der Waals surface area contributed by atoms with E-state index in [0.717, 1.165) is 18.5 Å². The largest absolute Gasteiger partial charge is 0.467 e. The number of nitrogens with zero attached hydrogens (tertiary/aromatic N) is 2. The Labute approximate surface area is 130 Å². The number of amides is 1. The van der Waals surface area contributed by atoms with Gasteiger partial charge in [-0.1, -0.05) is 13.8 Å². The lowest BCUT2D eigenvalue weighted by Crippen LogP contribution is -2.28. The first-order chi connectivity index (χ1) is 10.6. The number of rotatable bonds is 7. The number of aromatic nitrogens is 2. The first-order valence-electron chi connectivity index (χ1n) is 7.62. The maximum absolute atomic E-state index is 12.2. The Kier molecular flexibility index (Phi) is 5.38. The van der Waals surface area contributed by atoms with Crippen molar-refractivity contribution in [2.75, 3.05) is 6.54 Å². The minimum atomic E-state index is -0.853. The monoisotopic (exact) mass is 305 g/mol. The summed E-state index contributed by atoms with van der Waals surface area (Å²) in [6, 6.07) is 3.67. The van der Waals surface area contributed by atoms with E-state index in [1.165, 1.54) is 6.26 Å². The minimum Gasteiger partial charge on any atom is -0.467 e. The number of aliphatic hydroxyl groups excluding tert-OH is 1.